The fourth-order valence-corrected chi connectivity index (χ4v) is 3.73. The van der Waals surface area contributed by atoms with Gasteiger partial charge < -0.3 is 19.5 Å². The molecule has 3 aromatic rings. The Balaban J connectivity index is 1.82. The van der Waals surface area contributed by atoms with E-state index in [2.05, 4.69) is 9.97 Å². The Morgan fingerprint density at radius 2 is 1.81 bits per heavy atom. The number of hydrogen-bond acceptors (Lipinski definition) is 7. The van der Waals surface area contributed by atoms with Crippen molar-refractivity contribution in [2.45, 2.75) is 51.3 Å². The van der Waals surface area contributed by atoms with Gasteiger partial charge in [0.2, 0.25) is 0 Å². The van der Waals surface area contributed by atoms with E-state index in [1.807, 2.05) is 52.0 Å². The van der Waals surface area contributed by atoms with E-state index in [9.17, 15) is 9.59 Å². The maximum atomic E-state index is 13.0. The van der Waals surface area contributed by atoms with Gasteiger partial charge in [0.1, 0.15) is 5.58 Å². The van der Waals surface area contributed by atoms with Crippen molar-refractivity contribution in [1.82, 2.24) is 9.97 Å². The number of fused-ring (bicyclic) bond motifs is 1. The van der Waals surface area contributed by atoms with Crippen molar-refractivity contribution in [1.29, 1.82) is 0 Å². The van der Waals surface area contributed by atoms with Crippen LogP contribution in [0.2, 0.25) is 0 Å². The van der Waals surface area contributed by atoms with Crippen LogP contribution in [0.1, 0.15) is 33.3 Å². The Bertz CT molecular complexity index is 1130. The van der Waals surface area contributed by atoms with Crippen molar-refractivity contribution in [3.8, 4) is 0 Å². The van der Waals surface area contributed by atoms with Gasteiger partial charge in [-0.05, 0) is 45.7 Å². The standard InChI is InChI=1S/C22H25BN4O5/c1-21(2)22(3,4)32-23(31-21)17(11-14-13-30-16-8-6-5-7-15(14)16)27(20(29)19(24)28)18-12-25-9-10-26-18/h5-10,12-13,17H,11H2,1-4H3,(H2,24,28)/t17-/m0/s1. The number of furan rings is 1. The molecule has 1 saturated heterocycles. The van der Waals surface area contributed by atoms with Crippen LogP contribution in [0, 0.1) is 0 Å². The number of carbonyl (C=O) groups excluding carboxylic acids is 2. The van der Waals surface area contributed by atoms with Crippen molar-refractivity contribution < 1.29 is 23.3 Å². The number of primary amides is 1. The molecule has 1 atom stereocenters. The van der Waals surface area contributed by atoms with E-state index in [1.54, 1.807) is 6.26 Å². The summed E-state index contributed by atoms with van der Waals surface area (Å²) in [7, 11) is -0.862. The Kier molecular flexibility index (Phi) is 5.52. The van der Waals surface area contributed by atoms with Crippen LogP contribution < -0.4 is 10.6 Å². The first-order valence-electron chi connectivity index (χ1n) is 10.3. The van der Waals surface area contributed by atoms with E-state index in [-0.39, 0.29) is 12.2 Å². The van der Waals surface area contributed by atoms with Crippen LogP contribution in [0.3, 0.4) is 0 Å². The zero-order valence-electron chi connectivity index (χ0n) is 18.4. The summed E-state index contributed by atoms with van der Waals surface area (Å²) in [4.78, 5) is 34.5. The summed E-state index contributed by atoms with van der Waals surface area (Å²) in [6.07, 6.45) is 6.21. The molecule has 4 rings (SSSR count). The van der Waals surface area contributed by atoms with E-state index < -0.39 is 36.1 Å². The minimum atomic E-state index is -1.12. The van der Waals surface area contributed by atoms with Gasteiger partial charge in [-0.3, -0.25) is 19.5 Å². The molecule has 0 aliphatic carbocycles. The molecule has 1 fully saturated rings. The zero-order chi connectivity index (χ0) is 23.1. The minimum absolute atomic E-state index is 0.170. The number of anilines is 1. The topological polar surface area (TPSA) is 121 Å². The van der Waals surface area contributed by atoms with Crippen molar-refractivity contribution in [3.05, 3.63) is 54.7 Å². The van der Waals surface area contributed by atoms with Gasteiger partial charge in [-0.15, -0.1) is 0 Å². The van der Waals surface area contributed by atoms with Crippen LogP contribution in [0.4, 0.5) is 5.82 Å². The highest BCUT2D eigenvalue weighted by atomic mass is 16.7. The lowest BCUT2D eigenvalue weighted by Gasteiger charge is -2.32. The molecule has 2 aromatic heterocycles. The normalized spacial score (nSPS) is 17.9. The van der Waals surface area contributed by atoms with E-state index in [0.29, 0.717) is 5.58 Å². The number of carbonyl (C=O) groups is 2. The number of aromatic nitrogens is 2. The molecule has 2 amide bonds. The number of amides is 2. The SMILES string of the molecule is CC1(C)OB([C@H](Cc2coc3ccccc23)N(C(=O)C(N)=O)c2cnccn2)OC1(C)C. The second-order valence-corrected chi connectivity index (χ2v) is 8.76. The highest BCUT2D eigenvalue weighted by Crippen LogP contribution is 2.39. The lowest BCUT2D eigenvalue weighted by Crippen LogP contribution is -2.55. The van der Waals surface area contributed by atoms with Crippen LogP contribution in [0.25, 0.3) is 11.0 Å². The van der Waals surface area contributed by atoms with Gasteiger partial charge in [0, 0.05) is 17.8 Å². The van der Waals surface area contributed by atoms with Crippen molar-refractivity contribution >= 4 is 35.7 Å². The van der Waals surface area contributed by atoms with Crippen LogP contribution in [-0.2, 0) is 25.3 Å². The first-order chi connectivity index (χ1) is 15.1. The van der Waals surface area contributed by atoms with Crippen molar-refractivity contribution in [3.63, 3.8) is 0 Å². The summed E-state index contributed by atoms with van der Waals surface area (Å²) in [5, 5.41) is 0.889. The third kappa shape index (κ3) is 3.87. The van der Waals surface area contributed by atoms with Crippen LogP contribution >= 0.6 is 0 Å². The van der Waals surface area contributed by atoms with Gasteiger partial charge in [-0.2, -0.15) is 0 Å². The average Bonchev–Trinajstić information content (AvgIpc) is 3.25. The Hall–Kier alpha value is -3.24. The number of hydrogen-bond donors (Lipinski definition) is 1. The third-order valence-corrected chi connectivity index (χ3v) is 6.13. The Morgan fingerprint density at radius 3 is 2.44 bits per heavy atom. The van der Waals surface area contributed by atoms with Crippen molar-refractivity contribution in [2.75, 3.05) is 4.90 Å². The first-order valence-corrected chi connectivity index (χ1v) is 10.3. The highest BCUT2D eigenvalue weighted by molar-refractivity contribution is 6.51. The van der Waals surface area contributed by atoms with Crippen LogP contribution in [0.5, 0.6) is 0 Å². The maximum absolute atomic E-state index is 13.0. The second kappa shape index (κ2) is 8.03. The quantitative estimate of drug-likeness (QED) is 0.481. The van der Waals surface area contributed by atoms with Gasteiger partial charge in [0.15, 0.2) is 5.82 Å². The van der Waals surface area contributed by atoms with Gasteiger partial charge in [-0.1, -0.05) is 18.2 Å². The van der Waals surface area contributed by atoms with Gasteiger partial charge >= 0.3 is 18.9 Å². The Labute approximate surface area is 186 Å². The molecule has 3 heterocycles. The molecule has 2 N–H and O–H groups in total. The molecule has 1 aliphatic rings. The van der Waals surface area contributed by atoms with Gasteiger partial charge in [0.05, 0.1) is 29.6 Å². The number of rotatable bonds is 5. The summed E-state index contributed by atoms with van der Waals surface area (Å²) >= 11 is 0. The molecule has 0 radical (unpaired) electrons. The fourth-order valence-electron chi connectivity index (χ4n) is 3.73. The molecule has 166 valence electrons. The number of para-hydroxylation sites is 1. The molecule has 0 bridgehead atoms. The molecule has 32 heavy (non-hydrogen) atoms. The zero-order valence-corrected chi connectivity index (χ0v) is 18.4. The average molecular weight is 436 g/mol. The summed E-state index contributed by atoms with van der Waals surface area (Å²) in [5.41, 5.74) is 5.63. The largest absolute Gasteiger partial charge is 0.483 e. The maximum Gasteiger partial charge on any atom is 0.483 e. The molecular formula is C22H25BN4O5. The van der Waals surface area contributed by atoms with E-state index in [1.165, 1.54) is 23.5 Å². The predicted molar refractivity (Wildman–Crippen MR) is 119 cm³/mol. The molecule has 0 saturated carbocycles. The van der Waals surface area contributed by atoms with Crippen LogP contribution in [0.15, 0.2) is 53.5 Å². The molecule has 0 spiro atoms. The number of nitrogens with two attached hydrogens (primary N) is 1. The summed E-state index contributed by atoms with van der Waals surface area (Å²) in [6.45, 7) is 7.67. The number of nitrogens with zero attached hydrogens (tertiary/aromatic N) is 3. The second-order valence-electron chi connectivity index (χ2n) is 8.76. The molecule has 9 nitrogen and oxygen atoms in total. The summed E-state index contributed by atoms with van der Waals surface area (Å²) < 4.78 is 18.2. The highest BCUT2D eigenvalue weighted by Gasteiger charge is 2.56. The minimum Gasteiger partial charge on any atom is -0.464 e. The molecule has 1 aliphatic heterocycles. The molecular weight excluding hydrogens is 411 g/mol. The summed E-state index contributed by atoms with van der Waals surface area (Å²) in [6, 6.07) is 7.57. The third-order valence-electron chi connectivity index (χ3n) is 6.13. The monoisotopic (exact) mass is 436 g/mol. The first kappa shape index (κ1) is 22.0. The van der Waals surface area contributed by atoms with Crippen molar-refractivity contribution in [2.24, 2.45) is 5.73 Å². The van der Waals surface area contributed by atoms with Gasteiger partial charge in [-0.25, -0.2) is 4.98 Å². The molecule has 1 aromatic carbocycles. The van der Waals surface area contributed by atoms with Gasteiger partial charge in [0.25, 0.3) is 0 Å². The Morgan fingerprint density at radius 1 is 1.12 bits per heavy atom. The van der Waals surface area contributed by atoms with E-state index >= 15 is 0 Å². The lowest BCUT2D eigenvalue weighted by atomic mass is 9.73. The van der Waals surface area contributed by atoms with E-state index in [4.69, 9.17) is 19.5 Å². The smallest absolute Gasteiger partial charge is 0.464 e. The molecule has 0 unspecified atom stereocenters. The van der Waals surface area contributed by atoms with E-state index in [0.717, 1.165) is 10.9 Å². The predicted octanol–water partition coefficient (Wildman–Crippen LogP) is 2.28. The van der Waals surface area contributed by atoms with Crippen LogP contribution in [-0.4, -0.2) is 46.0 Å². The molecule has 10 heteroatoms. The summed E-state index contributed by atoms with van der Waals surface area (Å²) in [5.74, 6) is -2.65. The number of benzene rings is 1. The lowest BCUT2D eigenvalue weighted by molar-refractivity contribution is -0.135. The fraction of sp³-hybridized carbons (Fsp3) is 0.364.